The van der Waals surface area contributed by atoms with Gasteiger partial charge in [-0.3, -0.25) is 14.4 Å². The molecule has 0 aliphatic heterocycles. The lowest BCUT2D eigenvalue weighted by atomic mass is 9.85. The number of aryl methyl sites for hydroxylation is 1. The van der Waals surface area contributed by atoms with E-state index in [1.807, 2.05) is 0 Å². The third kappa shape index (κ3) is 7.07. The van der Waals surface area contributed by atoms with Crippen molar-refractivity contribution in [2.45, 2.75) is 50.7 Å². The standard InChI is InChI=1S/C18H24F3N3O3/c1-24-11-13(5-6-16(24)26)17(27)22-10-12-3-2-4-14(9-12)23-15(25)7-8-18(19,20)21/h5-6,11-12,14H,2-4,7-10H2,1H3,(H,22,27)(H,23,25)/t12-,14+/m1/s1. The molecule has 1 aromatic heterocycles. The Morgan fingerprint density at radius 2 is 2.00 bits per heavy atom. The second-order valence-electron chi connectivity index (χ2n) is 6.99. The molecule has 1 heterocycles. The molecular formula is C18H24F3N3O3. The van der Waals surface area contributed by atoms with E-state index in [1.165, 1.54) is 22.9 Å². The zero-order valence-electron chi connectivity index (χ0n) is 15.1. The van der Waals surface area contributed by atoms with Crippen LogP contribution < -0.4 is 16.2 Å². The first kappa shape index (κ1) is 21.0. The van der Waals surface area contributed by atoms with E-state index in [-0.39, 0.29) is 23.4 Å². The van der Waals surface area contributed by atoms with E-state index in [0.29, 0.717) is 18.5 Å². The van der Waals surface area contributed by atoms with Crippen molar-refractivity contribution in [3.63, 3.8) is 0 Å². The number of amides is 2. The second kappa shape index (κ2) is 9.05. The third-order valence-corrected chi connectivity index (χ3v) is 4.68. The van der Waals surface area contributed by atoms with Gasteiger partial charge in [0.25, 0.3) is 5.91 Å². The number of carbonyl (C=O) groups is 2. The molecular weight excluding hydrogens is 363 g/mol. The van der Waals surface area contributed by atoms with Crippen molar-refractivity contribution in [2.75, 3.05) is 6.54 Å². The van der Waals surface area contributed by atoms with Crippen molar-refractivity contribution in [1.82, 2.24) is 15.2 Å². The highest BCUT2D eigenvalue weighted by atomic mass is 19.4. The maximum Gasteiger partial charge on any atom is 0.389 e. The molecule has 1 aliphatic carbocycles. The van der Waals surface area contributed by atoms with E-state index < -0.39 is 24.9 Å². The lowest BCUT2D eigenvalue weighted by Crippen LogP contribution is -2.41. The number of alkyl halides is 3. The SMILES string of the molecule is Cn1cc(C(=O)NC[C@@H]2CCC[C@H](NC(=O)CCC(F)(F)F)C2)ccc1=O. The Labute approximate surface area is 155 Å². The Morgan fingerprint density at radius 3 is 2.67 bits per heavy atom. The summed E-state index contributed by atoms with van der Waals surface area (Å²) in [4.78, 5) is 35.2. The number of rotatable bonds is 6. The summed E-state index contributed by atoms with van der Waals surface area (Å²) < 4.78 is 37.9. The van der Waals surface area contributed by atoms with Crippen LogP contribution in [0.15, 0.2) is 23.1 Å². The summed E-state index contributed by atoms with van der Waals surface area (Å²) in [5.74, 6) is -0.739. The monoisotopic (exact) mass is 387 g/mol. The minimum atomic E-state index is -4.34. The van der Waals surface area contributed by atoms with Gasteiger partial charge in [0, 0.05) is 38.3 Å². The summed E-state index contributed by atoms with van der Waals surface area (Å²) in [6.07, 6.45) is -1.50. The van der Waals surface area contributed by atoms with Gasteiger partial charge >= 0.3 is 6.18 Å². The quantitative estimate of drug-likeness (QED) is 0.785. The third-order valence-electron chi connectivity index (χ3n) is 4.68. The smallest absolute Gasteiger partial charge is 0.353 e. The number of hydrogen-bond donors (Lipinski definition) is 2. The van der Waals surface area contributed by atoms with Gasteiger partial charge in [0.05, 0.1) is 12.0 Å². The number of aromatic nitrogens is 1. The van der Waals surface area contributed by atoms with Crippen molar-refractivity contribution in [2.24, 2.45) is 13.0 Å². The number of halogens is 3. The van der Waals surface area contributed by atoms with Gasteiger partial charge < -0.3 is 15.2 Å². The van der Waals surface area contributed by atoms with E-state index in [4.69, 9.17) is 0 Å². The first-order valence-corrected chi connectivity index (χ1v) is 8.95. The van der Waals surface area contributed by atoms with Crippen LogP contribution in [0.1, 0.15) is 48.9 Å². The summed E-state index contributed by atoms with van der Waals surface area (Å²) in [7, 11) is 1.56. The summed E-state index contributed by atoms with van der Waals surface area (Å²) in [5.41, 5.74) is 0.174. The Morgan fingerprint density at radius 1 is 1.26 bits per heavy atom. The molecule has 27 heavy (non-hydrogen) atoms. The highest BCUT2D eigenvalue weighted by Crippen LogP contribution is 2.25. The van der Waals surface area contributed by atoms with Gasteiger partial charge in [-0.1, -0.05) is 6.42 Å². The molecule has 1 aromatic rings. The van der Waals surface area contributed by atoms with Crippen LogP contribution in [0.4, 0.5) is 13.2 Å². The van der Waals surface area contributed by atoms with Crippen LogP contribution in [0.5, 0.6) is 0 Å². The first-order chi connectivity index (χ1) is 12.6. The highest BCUT2D eigenvalue weighted by molar-refractivity contribution is 5.93. The van der Waals surface area contributed by atoms with Crippen molar-refractivity contribution in [3.05, 3.63) is 34.2 Å². The molecule has 2 rings (SSSR count). The van der Waals surface area contributed by atoms with Gasteiger partial charge in [-0.25, -0.2) is 0 Å². The number of carbonyl (C=O) groups excluding carboxylic acids is 2. The summed E-state index contributed by atoms with van der Waals surface area (Å²) >= 11 is 0. The maximum absolute atomic E-state index is 12.2. The Balaban J connectivity index is 1.78. The first-order valence-electron chi connectivity index (χ1n) is 8.95. The van der Waals surface area contributed by atoms with E-state index in [9.17, 15) is 27.6 Å². The van der Waals surface area contributed by atoms with Crippen LogP contribution in [0.3, 0.4) is 0 Å². The Kier molecular flexibility index (Phi) is 7.04. The van der Waals surface area contributed by atoms with Crippen LogP contribution in [-0.2, 0) is 11.8 Å². The molecule has 2 N–H and O–H groups in total. The number of hydrogen-bond acceptors (Lipinski definition) is 3. The van der Waals surface area contributed by atoms with Crippen LogP contribution in [0.25, 0.3) is 0 Å². The lowest BCUT2D eigenvalue weighted by Gasteiger charge is -2.30. The predicted molar refractivity (Wildman–Crippen MR) is 93.2 cm³/mol. The molecule has 0 aromatic carbocycles. The second-order valence-corrected chi connectivity index (χ2v) is 6.99. The fourth-order valence-electron chi connectivity index (χ4n) is 3.23. The topological polar surface area (TPSA) is 80.2 Å². The van der Waals surface area contributed by atoms with Crippen LogP contribution in [0.2, 0.25) is 0 Å². The zero-order valence-corrected chi connectivity index (χ0v) is 15.1. The molecule has 6 nitrogen and oxygen atoms in total. The van der Waals surface area contributed by atoms with Gasteiger partial charge in [-0.05, 0) is 31.2 Å². The molecule has 1 fully saturated rings. The van der Waals surface area contributed by atoms with Gasteiger partial charge in [-0.2, -0.15) is 13.2 Å². The highest BCUT2D eigenvalue weighted by Gasteiger charge is 2.29. The van der Waals surface area contributed by atoms with Crippen LogP contribution in [-0.4, -0.2) is 35.1 Å². The van der Waals surface area contributed by atoms with E-state index in [0.717, 1.165) is 19.3 Å². The summed E-state index contributed by atoms with van der Waals surface area (Å²) in [6, 6.07) is 2.61. The van der Waals surface area contributed by atoms with Crippen molar-refractivity contribution in [3.8, 4) is 0 Å². The van der Waals surface area contributed by atoms with Gasteiger partial charge in [0.2, 0.25) is 11.5 Å². The van der Waals surface area contributed by atoms with E-state index >= 15 is 0 Å². The molecule has 0 spiro atoms. The van der Waals surface area contributed by atoms with Gasteiger partial charge in [-0.15, -0.1) is 0 Å². The summed E-state index contributed by atoms with van der Waals surface area (Å²) in [6.45, 7) is 0.413. The minimum absolute atomic E-state index is 0.142. The molecule has 1 aliphatic rings. The predicted octanol–water partition coefficient (Wildman–Crippen LogP) is 2.13. The average molecular weight is 387 g/mol. The largest absolute Gasteiger partial charge is 0.389 e. The molecule has 2 atom stereocenters. The molecule has 9 heteroatoms. The molecule has 0 radical (unpaired) electrons. The fraction of sp³-hybridized carbons (Fsp3) is 0.611. The van der Waals surface area contributed by atoms with Crippen molar-refractivity contribution >= 4 is 11.8 Å². The Hall–Kier alpha value is -2.32. The molecule has 0 saturated heterocycles. The minimum Gasteiger partial charge on any atom is -0.353 e. The lowest BCUT2D eigenvalue weighted by molar-refractivity contribution is -0.144. The van der Waals surface area contributed by atoms with Crippen molar-refractivity contribution in [1.29, 1.82) is 0 Å². The van der Waals surface area contributed by atoms with Crippen molar-refractivity contribution < 1.29 is 22.8 Å². The normalized spacial score (nSPS) is 20.1. The molecule has 1 saturated carbocycles. The molecule has 0 bridgehead atoms. The number of nitrogens with one attached hydrogen (secondary N) is 2. The maximum atomic E-state index is 12.2. The van der Waals surface area contributed by atoms with Crippen LogP contribution in [0, 0.1) is 5.92 Å². The zero-order chi connectivity index (χ0) is 20.0. The van der Waals surface area contributed by atoms with E-state index in [2.05, 4.69) is 10.6 Å². The van der Waals surface area contributed by atoms with E-state index in [1.54, 1.807) is 7.05 Å². The fourth-order valence-corrected chi connectivity index (χ4v) is 3.23. The van der Waals surface area contributed by atoms with Crippen LogP contribution >= 0.6 is 0 Å². The number of pyridine rings is 1. The van der Waals surface area contributed by atoms with Gasteiger partial charge in [0.1, 0.15) is 0 Å². The number of nitrogens with zero attached hydrogens (tertiary/aromatic N) is 1. The average Bonchev–Trinajstić information content (AvgIpc) is 2.60. The molecule has 150 valence electrons. The van der Waals surface area contributed by atoms with Gasteiger partial charge in [0.15, 0.2) is 0 Å². The Bertz CT molecular complexity index is 731. The molecule has 2 amide bonds. The molecule has 0 unspecified atom stereocenters. The summed E-state index contributed by atoms with van der Waals surface area (Å²) in [5, 5.41) is 5.48.